The molecule has 0 atom stereocenters. The molecule has 0 aromatic carbocycles. The highest BCUT2D eigenvalue weighted by atomic mass is 19.4. The van der Waals surface area contributed by atoms with Gasteiger partial charge in [-0.25, -0.2) is 13.8 Å². The van der Waals surface area contributed by atoms with Crippen LogP contribution in [0.3, 0.4) is 0 Å². The molecule has 0 aliphatic carbocycles. The van der Waals surface area contributed by atoms with Gasteiger partial charge in [-0.1, -0.05) is 0 Å². The first-order chi connectivity index (χ1) is 7.64. The molecule has 0 radical (unpaired) electrons. The van der Waals surface area contributed by atoms with Gasteiger partial charge in [-0.3, -0.25) is 10.1 Å². The van der Waals surface area contributed by atoms with Crippen molar-refractivity contribution in [2.75, 3.05) is 0 Å². The van der Waals surface area contributed by atoms with Crippen LogP contribution in [0.5, 0.6) is 0 Å². The van der Waals surface area contributed by atoms with Crippen LogP contribution in [0.4, 0.5) is 27.6 Å². The molecule has 1 rings (SSSR count). The van der Waals surface area contributed by atoms with Crippen molar-refractivity contribution in [3.8, 4) is 0 Å². The van der Waals surface area contributed by atoms with Gasteiger partial charge in [0.2, 0.25) is 5.69 Å². The minimum Gasteiger partial charge on any atom is -0.258 e. The molecule has 94 valence electrons. The number of pyridine rings is 1. The molecule has 1 heterocycles. The van der Waals surface area contributed by atoms with Gasteiger partial charge in [0.05, 0.1) is 10.5 Å². The molecule has 0 saturated heterocycles. The van der Waals surface area contributed by atoms with Crippen LogP contribution in [-0.2, 0) is 6.18 Å². The zero-order valence-corrected chi connectivity index (χ0v) is 8.26. The summed E-state index contributed by atoms with van der Waals surface area (Å²) in [6.45, 7) is 1.05. The minimum absolute atomic E-state index is 0.363. The third-order valence-corrected chi connectivity index (χ3v) is 1.84. The monoisotopic (exact) mass is 256 g/mol. The van der Waals surface area contributed by atoms with E-state index in [1.54, 1.807) is 0 Å². The van der Waals surface area contributed by atoms with Crippen LogP contribution in [0.15, 0.2) is 6.07 Å². The Hall–Kier alpha value is -1.80. The van der Waals surface area contributed by atoms with Crippen molar-refractivity contribution in [1.82, 2.24) is 4.98 Å². The van der Waals surface area contributed by atoms with Crippen LogP contribution in [0, 0.1) is 17.0 Å². The topological polar surface area (TPSA) is 56.0 Å². The number of halogens is 5. The lowest BCUT2D eigenvalue weighted by atomic mass is 10.1. The summed E-state index contributed by atoms with van der Waals surface area (Å²) in [5, 5.41) is 10.4. The van der Waals surface area contributed by atoms with Crippen molar-refractivity contribution in [3.63, 3.8) is 0 Å². The molecule has 0 N–H and O–H groups in total. The summed E-state index contributed by atoms with van der Waals surface area (Å²) in [6, 6.07) is 0.567. The molecule has 0 unspecified atom stereocenters. The normalized spacial score (nSPS) is 11.9. The SMILES string of the molecule is Cc1cc(C(F)F)c([N+](=O)[O-])c(C(F)(F)F)n1. The lowest BCUT2D eigenvalue weighted by molar-refractivity contribution is -0.390. The fourth-order valence-electron chi connectivity index (χ4n) is 1.25. The standard InChI is InChI=1S/C8H5F5N2O2/c1-3-2-4(7(9)10)5(15(16)17)6(14-3)8(11,12)13/h2,7H,1H3. The molecule has 17 heavy (non-hydrogen) atoms. The van der Waals surface area contributed by atoms with Gasteiger partial charge < -0.3 is 0 Å². The second-order valence-electron chi connectivity index (χ2n) is 3.11. The molecule has 1 aromatic heterocycles. The van der Waals surface area contributed by atoms with E-state index in [2.05, 4.69) is 4.98 Å². The number of nitro groups is 1. The van der Waals surface area contributed by atoms with Crippen molar-refractivity contribution in [2.24, 2.45) is 0 Å². The molecule has 0 aliphatic rings. The fourth-order valence-corrected chi connectivity index (χ4v) is 1.25. The highest BCUT2D eigenvalue weighted by molar-refractivity contribution is 5.47. The second kappa shape index (κ2) is 4.22. The maximum atomic E-state index is 12.4. The highest BCUT2D eigenvalue weighted by Gasteiger charge is 2.43. The Labute approximate surface area is 91.2 Å². The summed E-state index contributed by atoms with van der Waals surface area (Å²) in [7, 11) is 0. The van der Waals surface area contributed by atoms with Gasteiger partial charge in [-0.15, -0.1) is 0 Å². The number of aryl methyl sites for hydroxylation is 1. The molecule has 9 heteroatoms. The maximum Gasteiger partial charge on any atom is 0.440 e. The van der Waals surface area contributed by atoms with Gasteiger partial charge in [0.15, 0.2) is 0 Å². The molecular weight excluding hydrogens is 251 g/mol. The second-order valence-corrected chi connectivity index (χ2v) is 3.11. The zero-order chi connectivity index (χ0) is 13.4. The summed E-state index contributed by atoms with van der Waals surface area (Å²) >= 11 is 0. The van der Waals surface area contributed by atoms with Gasteiger partial charge >= 0.3 is 11.9 Å². The summed E-state index contributed by atoms with van der Waals surface area (Å²) in [4.78, 5) is 11.8. The summed E-state index contributed by atoms with van der Waals surface area (Å²) in [5.41, 5.74) is -5.25. The van der Waals surface area contributed by atoms with Gasteiger partial charge in [0, 0.05) is 5.69 Å². The number of alkyl halides is 5. The average Bonchev–Trinajstić information content (AvgIpc) is 2.14. The summed E-state index contributed by atoms with van der Waals surface area (Å²) < 4.78 is 62.1. The van der Waals surface area contributed by atoms with Crippen molar-refractivity contribution < 1.29 is 26.9 Å². The first-order valence-corrected chi connectivity index (χ1v) is 4.16. The van der Waals surface area contributed by atoms with Gasteiger partial charge in [0.1, 0.15) is 0 Å². The van der Waals surface area contributed by atoms with Gasteiger partial charge in [-0.2, -0.15) is 13.2 Å². The van der Waals surface area contributed by atoms with Gasteiger partial charge in [-0.05, 0) is 13.0 Å². The van der Waals surface area contributed by atoms with Crippen molar-refractivity contribution >= 4 is 5.69 Å². The van der Waals surface area contributed by atoms with Gasteiger partial charge in [0.25, 0.3) is 6.43 Å². The summed E-state index contributed by atoms with van der Waals surface area (Å²) in [5.74, 6) is 0. The molecule has 0 fully saturated rings. The molecule has 0 bridgehead atoms. The van der Waals surface area contributed by atoms with E-state index in [0.717, 1.165) is 6.92 Å². The van der Waals surface area contributed by atoms with E-state index in [-0.39, 0.29) is 5.69 Å². The maximum absolute atomic E-state index is 12.4. The lowest BCUT2D eigenvalue weighted by Gasteiger charge is -2.10. The Morgan fingerprint density at radius 2 is 1.94 bits per heavy atom. The molecule has 0 saturated carbocycles. The van der Waals surface area contributed by atoms with E-state index in [0.29, 0.717) is 6.07 Å². The smallest absolute Gasteiger partial charge is 0.258 e. The zero-order valence-electron chi connectivity index (χ0n) is 8.26. The van der Waals surface area contributed by atoms with Crippen LogP contribution in [-0.4, -0.2) is 9.91 Å². The first-order valence-electron chi connectivity index (χ1n) is 4.16. The Morgan fingerprint density at radius 1 is 1.41 bits per heavy atom. The molecule has 0 amide bonds. The van der Waals surface area contributed by atoms with E-state index in [4.69, 9.17) is 0 Å². The van der Waals surface area contributed by atoms with Crippen molar-refractivity contribution in [1.29, 1.82) is 0 Å². The lowest BCUT2D eigenvalue weighted by Crippen LogP contribution is -2.14. The van der Waals surface area contributed by atoms with Crippen molar-refractivity contribution in [3.05, 3.63) is 33.1 Å². The first kappa shape index (κ1) is 13.3. The van der Waals surface area contributed by atoms with Crippen LogP contribution < -0.4 is 0 Å². The quantitative estimate of drug-likeness (QED) is 0.463. The van der Waals surface area contributed by atoms with E-state index in [9.17, 15) is 32.1 Å². The van der Waals surface area contributed by atoms with Crippen LogP contribution in [0.1, 0.15) is 23.4 Å². The fraction of sp³-hybridized carbons (Fsp3) is 0.375. The van der Waals surface area contributed by atoms with E-state index in [1.165, 1.54) is 0 Å². The highest BCUT2D eigenvalue weighted by Crippen LogP contribution is 2.39. The average molecular weight is 256 g/mol. The third-order valence-electron chi connectivity index (χ3n) is 1.84. The van der Waals surface area contributed by atoms with E-state index >= 15 is 0 Å². The Bertz CT molecular complexity index is 458. The molecule has 4 nitrogen and oxygen atoms in total. The largest absolute Gasteiger partial charge is 0.440 e. The minimum atomic E-state index is -5.15. The van der Waals surface area contributed by atoms with Crippen LogP contribution in [0.25, 0.3) is 0 Å². The molecule has 1 aromatic rings. The molecular formula is C8H5F5N2O2. The van der Waals surface area contributed by atoms with Crippen molar-refractivity contribution in [2.45, 2.75) is 19.5 Å². The van der Waals surface area contributed by atoms with E-state index in [1.807, 2.05) is 0 Å². The Balaban J connectivity index is 3.64. The summed E-state index contributed by atoms with van der Waals surface area (Å²) in [6.07, 6.45) is -8.53. The predicted octanol–water partition coefficient (Wildman–Crippen LogP) is 3.25. The number of rotatable bonds is 2. The number of hydrogen-bond donors (Lipinski definition) is 0. The van der Waals surface area contributed by atoms with Crippen LogP contribution >= 0.6 is 0 Å². The number of nitrogens with zero attached hydrogens (tertiary/aromatic N) is 2. The number of hydrogen-bond acceptors (Lipinski definition) is 3. The van der Waals surface area contributed by atoms with Crippen LogP contribution in [0.2, 0.25) is 0 Å². The van der Waals surface area contributed by atoms with E-state index < -0.39 is 34.5 Å². The number of aromatic nitrogens is 1. The third kappa shape index (κ3) is 2.66. The Kier molecular flexibility index (Phi) is 3.30. The molecule has 0 aliphatic heterocycles. The Morgan fingerprint density at radius 3 is 2.29 bits per heavy atom. The molecule has 0 spiro atoms. The predicted molar refractivity (Wildman–Crippen MR) is 45.6 cm³/mol.